The number of esters is 1. The van der Waals surface area contributed by atoms with Crippen molar-refractivity contribution < 1.29 is 28.6 Å². The van der Waals surface area contributed by atoms with Crippen LogP contribution in [0.25, 0.3) is 0 Å². The van der Waals surface area contributed by atoms with Crippen molar-refractivity contribution in [2.24, 2.45) is 0 Å². The average molecular weight is 434 g/mol. The molecule has 3 rings (SSSR count). The molecular weight excluding hydrogens is 402 g/mol. The lowest BCUT2D eigenvalue weighted by atomic mass is 10.1. The summed E-state index contributed by atoms with van der Waals surface area (Å²) in [6.07, 6.45) is 0.404. The summed E-state index contributed by atoms with van der Waals surface area (Å²) in [7, 11) is 0. The number of para-hydroxylation sites is 1. The van der Waals surface area contributed by atoms with Crippen LogP contribution in [0.1, 0.15) is 40.5 Å². The highest BCUT2D eigenvalue weighted by Crippen LogP contribution is 2.37. The molecule has 2 fully saturated rings. The van der Waals surface area contributed by atoms with Crippen LogP contribution in [0, 0.1) is 0 Å². The summed E-state index contributed by atoms with van der Waals surface area (Å²) in [6, 6.07) is 5.28. The number of ether oxygens (including phenoxy) is 3. The Balaban J connectivity index is 1.84. The first-order valence-electron chi connectivity index (χ1n) is 10.6. The second-order valence-corrected chi connectivity index (χ2v) is 8.64. The predicted molar refractivity (Wildman–Crippen MR) is 115 cm³/mol. The van der Waals surface area contributed by atoms with Gasteiger partial charge in [-0.05, 0) is 39.3 Å². The van der Waals surface area contributed by atoms with E-state index in [0.29, 0.717) is 32.0 Å². The number of amides is 2. The lowest BCUT2D eigenvalue weighted by molar-refractivity contribution is -0.134. The van der Waals surface area contributed by atoms with E-state index in [0.717, 1.165) is 6.42 Å². The molecule has 0 aliphatic carbocycles. The van der Waals surface area contributed by atoms with E-state index in [1.165, 1.54) is 0 Å². The van der Waals surface area contributed by atoms with Gasteiger partial charge in [0.05, 0.1) is 24.5 Å². The first-order valence-corrected chi connectivity index (χ1v) is 10.6. The molecule has 1 aromatic rings. The van der Waals surface area contributed by atoms with E-state index in [1.54, 1.807) is 50.8 Å². The number of rotatable bonds is 5. The monoisotopic (exact) mass is 433 g/mol. The van der Waals surface area contributed by atoms with Crippen molar-refractivity contribution in [3.63, 3.8) is 0 Å². The van der Waals surface area contributed by atoms with Crippen molar-refractivity contribution in [1.82, 2.24) is 4.90 Å². The maximum Gasteiger partial charge on any atom is 0.412 e. The molecule has 0 spiro atoms. The van der Waals surface area contributed by atoms with E-state index in [2.05, 4.69) is 10.2 Å². The fourth-order valence-corrected chi connectivity index (χ4v) is 3.61. The summed E-state index contributed by atoms with van der Waals surface area (Å²) in [6.45, 7) is 9.71. The van der Waals surface area contributed by atoms with E-state index in [-0.39, 0.29) is 36.4 Å². The predicted octanol–water partition coefficient (Wildman–Crippen LogP) is 2.79. The number of nitrogens with one attached hydrogen (secondary N) is 1. The number of hydrogen-bond donors (Lipinski definition) is 1. The van der Waals surface area contributed by atoms with Crippen LogP contribution in [0.5, 0.6) is 5.75 Å². The van der Waals surface area contributed by atoms with Crippen LogP contribution < -0.4 is 15.0 Å². The van der Waals surface area contributed by atoms with Crippen molar-refractivity contribution in [3.8, 4) is 5.75 Å². The van der Waals surface area contributed by atoms with Crippen LogP contribution >= 0.6 is 0 Å². The Morgan fingerprint density at radius 3 is 2.65 bits per heavy atom. The third-order valence-electron chi connectivity index (χ3n) is 5.10. The number of nitrogens with zero attached hydrogens (tertiary/aromatic N) is 2. The Bertz CT molecular complexity index is 829. The topological polar surface area (TPSA) is 97.4 Å². The molecule has 2 saturated heterocycles. The van der Waals surface area contributed by atoms with Crippen molar-refractivity contribution in [2.75, 3.05) is 43.1 Å². The van der Waals surface area contributed by atoms with E-state index in [9.17, 15) is 14.4 Å². The third kappa shape index (κ3) is 5.95. The lowest BCUT2D eigenvalue weighted by Gasteiger charge is -2.37. The molecule has 9 nitrogen and oxygen atoms in total. The van der Waals surface area contributed by atoms with Gasteiger partial charge in [-0.2, -0.15) is 0 Å². The lowest BCUT2D eigenvalue weighted by Crippen LogP contribution is -2.54. The number of anilines is 2. The van der Waals surface area contributed by atoms with E-state index >= 15 is 0 Å². The van der Waals surface area contributed by atoms with Gasteiger partial charge in [0.25, 0.3) is 0 Å². The minimum Gasteiger partial charge on any atom is -0.444 e. The standard InChI is InChI=1S/C22H31N3O6/c1-5-19(27)30-20-16(23-21(28)31-22(2,3)4)7-6-8-17(20)25-11-10-24(13-18(25)26)15-9-12-29-14-15/h6-8,15H,5,9-14H2,1-4H3,(H,23,28)/t15-/m0/s1. The molecule has 2 aliphatic heterocycles. The van der Waals surface area contributed by atoms with Gasteiger partial charge < -0.3 is 19.1 Å². The fourth-order valence-electron chi connectivity index (χ4n) is 3.61. The summed E-state index contributed by atoms with van der Waals surface area (Å²) < 4.78 is 16.3. The zero-order chi connectivity index (χ0) is 22.6. The summed E-state index contributed by atoms with van der Waals surface area (Å²) >= 11 is 0. The minimum atomic E-state index is -0.682. The Labute approximate surface area is 182 Å². The molecule has 170 valence electrons. The van der Waals surface area contributed by atoms with Crippen LogP contribution in [0.4, 0.5) is 16.2 Å². The van der Waals surface area contributed by atoms with Crippen LogP contribution in [-0.2, 0) is 19.1 Å². The molecule has 2 heterocycles. The Kier molecular flexibility index (Phi) is 7.17. The molecule has 0 bridgehead atoms. The van der Waals surface area contributed by atoms with Crippen LogP contribution in [-0.4, -0.2) is 67.4 Å². The van der Waals surface area contributed by atoms with Crippen molar-refractivity contribution in [2.45, 2.75) is 52.2 Å². The Morgan fingerprint density at radius 2 is 2.03 bits per heavy atom. The summed E-state index contributed by atoms with van der Waals surface area (Å²) in [4.78, 5) is 41.1. The molecule has 2 amide bonds. The molecule has 1 atom stereocenters. The average Bonchev–Trinajstić information content (AvgIpc) is 3.22. The normalized spacial score (nSPS) is 19.9. The largest absolute Gasteiger partial charge is 0.444 e. The molecule has 0 saturated carbocycles. The highest BCUT2D eigenvalue weighted by Gasteiger charge is 2.33. The molecule has 2 aliphatic rings. The van der Waals surface area contributed by atoms with Gasteiger partial charge in [0, 0.05) is 32.2 Å². The smallest absolute Gasteiger partial charge is 0.412 e. The van der Waals surface area contributed by atoms with Crippen LogP contribution in [0.2, 0.25) is 0 Å². The molecular formula is C22H31N3O6. The van der Waals surface area contributed by atoms with Gasteiger partial charge in [0.15, 0.2) is 5.75 Å². The molecule has 0 aromatic heterocycles. The van der Waals surface area contributed by atoms with Crippen molar-refractivity contribution in [3.05, 3.63) is 18.2 Å². The summed E-state index contributed by atoms with van der Waals surface area (Å²) in [5.41, 5.74) is 0.0359. The first kappa shape index (κ1) is 23.0. The van der Waals surface area contributed by atoms with E-state index in [1.807, 2.05) is 0 Å². The number of carbonyl (C=O) groups excluding carboxylic acids is 3. The van der Waals surface area contributed by atoms with Crippen LogP contribution in [0.3, 0.4) is 0 Å². The fraction of sp³-hybridized carbons (Fsp3) is 0.591. The van der Waals surface area contributed by atoms with Gasteiger partial charge in [-0.1, -0.05) is 13.0 Å². The van der Waals surface area contributed by atoms with Gasteiger partial charge in [-0.25, -0.2) is 4.79 Å². The Hall–Kier alpha value is -2.65. The zero-order valence-corrected chi connectivity index (χ0v) is 18.6. The first-order chi connectivity index (χ1) is 14.7. The zero-order valence-electron chi connectivity index (χ0n) is 18.6. The van der Waals surface area contributed by atoms with Gasteiger partial charge in [-0.3, -0.25) is 19.8 Å². The van der Waals surface area contributed by atoms with Crippen molar-refractivity contribution >= 4 is 29.3 Å². The SMILES string of the molecule is CCC(=O)Oc1c(NC(=O)OC(C)(C)C)cccc1N1CCN([C@H]2CCOC2)CC1=O. The van der Waals surface area contributed by atoms with E-state index in [4.69, 9.17) is 14.2 Å². The van der Waals surface area contributed by atoms with Gasteiger partial charge in [0.1, 0.15) is 5.60 Å². The maximum absolute atomic E-state index is 13.0. The van der Waals surface area contributed by atoms with Gasteiger partial charge in [-0.15, -0.1) is 0 Å². The molecule has 0 unspecified atom stereocenters. The van der Waals surface area contributed by atoms with Gasteiger partial charge in [0.2, 0.25) is 5.91 Å². The maximum atomic E-state index is 13.0. The van der Waals surface area contributed by atoms with Gasteiger partial charge >= 0.3 is 12.1 Å². The molecule has 9 heteroatoms. The highest BCUT2D eigenvalue weighted by atomic mass is 16.6. The summed E-state index contributed by atoms with van der Waals surface area (Å²) in [5, 5.41) is 2.64. The second-order valence-electron chi connectivity index (χ2n) is 8.64. The minimum absolute atomic E-state index is 0.0960. The third-order valence-corrected chi connectivity index (χ3v) is 5.10. The molecule has 1 N–H and O–H groups in total. The second kappa shape index (κ2) is 9.65. The van der Waals surface area contributed by atoms with Crippen molar-refractivity contribution in [1.29, 1.82) is 0 Å². The number of piperazine rings is 1. The number of benzene rings is 1. The highest BCUT2D eigenvalue weighted by molar-refractivity contribution is 6.00. The number of hydrogen-bond acceptors (Lipinski definition) is 7. The Morgan fingerprint density at radius 1 is 1.26 bits per heavy atom. The molecule has 0 radical (unpaired) electrons. The molecule has 1 aromatic carbocycles. The van der Waals surface area contributed by atoms with E-state index < -0.39 is 17.7 Å². The summed E-state index contributed by atoms with van der Waals surface area (Å²) in [5.74, 6) is -0.415. The number of carbonyl (C=O) groups is 3. The quantitative estimate of drug-likeness (QED) is 0.563. The van der Waals surface area contributed by atoms with Crippen LogP contribution in [0.15, 0.2) is 18.2 Å². The molecule has 31 heavy (non-hydrogen) atoms.